The lowest BCUT2D eigenvalue weighted by atomic mass is 10.8. The van der Waals surface area contributed by atoms with Crippen molar-refractivity contribution in [3.63, 3.8) is 0 Å². The van der Waals surface area contributed by atoms with Gasteiger partial charge < -0.3 is 0 Å². The summed E-state index contributed by atoms with van der Waals surface area (Å²) in [4.78, 5) is 0. The second-order valence-electron chi connectivity index (χ2n) is 0.766. The molecule has 0 aliphatic heterocycles. The normalized spacial score (nSPS) is 11.2. The molecule has 0 spiro atoms. The Balaban J connectivity index is 3.13. The summed E-state index contributed by atoms with van der Waals surface area (Å²) in [6, 6.07) is 2.11. The fourth-order valence-corrected chi connectivity index (χ4v) is 1.94. The molecule has 0 bridgehead atoms. The lowest BCUT2D eigenvalue weighted by Crippen LogP contribution is -1.12. The molecule has 0 N–H and O–H groups in total. The van der Waals surface area contributed by atoms with E-state index >= 15 is 0 Å². The SMILES string of the molecule is c1cp[pH]c1. The van der Waals surface area contributed by atoms with Crippen molar-refractivity contribution < 1.29 is 0 Å². The number of hydrogen-bond acceptors (Lipinski definition) is 0. The van der Waals surface area contributed by atoms with Gasteiger partial charge in [0, 0.05) is 0 Å². The van der Waals surface area contributed by atoms with Crippen LogP contribution >= 0.6 is 15.7 Å². The van der Waals surface area contributed by atoms with Crippen LogP contribution in [-0.2, 0) is 0 Å². The Morgan fingerprint density at radius 1 is 1.60 bits per heavy atom. The van der Waals surface area contributed by atoms with Crippen LogP contribution in [0.1, 0.15) is 0 Å². The summed E-state index contributed by atoms with van der Waals surface area (Å²) < 4.78 is 0. The van der Waals surface area contributed by atoms with Gasteiger partial charge in [0.1, 0.15) is 0 Å². The second-order valence-corrected chi connectivity index (χ2v) is 3.46. The van der Waals surface area contributed by atoms with E-state index < -0.39 is 0 Å². The van der Waals surface area contributed by atoms with Gasteiger partial charge in [-0.3, -0.25) is 0 Å². The Bertz CT molecular complexity index is 61.4. The molecular formula is C3H4P2. The summed E-state index contributed by atoms with van der Waals surface area (Å²) in [6.45, 7) is 0. The summed E-state index contributed by atoms with van der Waals surface area (Å²) in [5, 5.41) is 0. The first kappa shape index (κ1) is 3.40. The van der Waals surface area contributed by atoms with E-state index in [9.17, 15) is 0 Å². The minimum absolute atomic E-state index is 1.04. The van der Waals surface area contributed by atoms with Crippen molar-refractivity contribution in [1.29, 1.82) is 0 Å². The van der Waals surface area contributed by atoms with E-state index in [1.165, 1.54) is 7.87 Å². The monoisotopic (exact) mass is 102 g/mol. The molecule has 0 fully saturated rings. The van der Waals surface area contributed by atoms with Crippen molar-refractivity contribution in [2.45, 2.75) is 0 Å². The summed E-state index contributed by atoms with van der Waals surface area (Å²) >= 11 is 0. The number of rotatable bonds is 0. The van der Waals surface area contributed by atoms with Gasteiger partial charge in [0.05, 0.1) is 0 Å². The summed E-state index contributed by atoms with van der Waals surface area (Å²) in [7, 11) is 2.53. The molecule has 26 valence electrons. The minimum Gasteiger partial charge on any atom is -0.111 e. The second kappa shape index (κ2) is 1.60. The largest absolute Gasteiger partial charge is 0.111 e. The third-order valence-corrected chi connectivity index (χ3v) is 2.56. The van der Waals surface area contributed by atoms with Crippen LogP contribution in [0.15, 0.2) is 17.7 Å². The van der Waals surface area contributed by atoms with Crippen LogP contribution < -0.4 is 0 Å². The topological polar surface area (TPSA) is 0 Å². The lowest BCUT2D eigenvalue weighted by Gasteiger charge is -1.39. The molecule has 0 aliphatic carbocycles. The van der Waals surface area contributed by atoms with Gasteiger partial charge in [0.15, 0.2) is 0 Å². The van der Waals surface area contributed by atoms with E-state index in [4.69, 9.17) is 0 Å². The van der Waals surface area contributed by atoms with Crippen molar-refractivity contribution in [3.05, 3.63) is 17.7 Å². The molecule has 1 unspecified atom stereocenters. The van der Waals surface area contributed by atoms with Gasteiger partial charge in [0.2, 0.25) is 0 Å². The highest BCUT2D eigenvalue weighted by Crippen LogP contribution is 2.17. The van der Waals surface area contributed by atoms with Crippen LogP contribution in [0.25, 0.3) is 0 Å². The molecule has 1 aromatic rings. The van der Waals surface area contributed by atoms with E-state index in [-0.39, 0.29) is 0 Å². The van der Waals surface area contributed by atoms with E-state index in [0.29, 0.717) is 0 Å². The maximum atomic E-state index is 2.20. The minimum atomic E-state index is 1.04. The molecule has 1 atom stereocenters. The van der Waals surface area contributed by atoms with Crippen LogP contribution in [0.2, 0.25) is 0 Å². The fraction of sp³-hybridized carbons (Fsp3) is 0. The van der Waals surface area contributed by atoms with E-state index in [2.05, 4.69) is 17.7 Å². The zero-order chi connectivity index (χ0) is 3.54. The Labute approximate surface area is 34.3 Å². The highest BCUT2D eigenvalue weighted by atomic mass is 31.8. The molecule has 1 rings (SSSR count). The molecule has 5 heavy (non-hydrogen) atoms. The van der Waals surface area contributed by atoms with Crippen molar-refractivity contribution in [1.82, 2.24) is 0 Å². The molecule has 0 amide bonds. The zero-order valence-electron chi connectivity index (χ0n) is 2.68. The van der Waals surface area contributed by atoms with E-state index in [1.54, 1.807) is 0 Å². The molecule has 0 saturated carbocycles. The van der Waals surface area contributed by atoms with Crippen LogP contribution in [0.4, 0.5) is 0 Å². The van der Waals surface area contributed by atoms with Gasteiger partial charge in [-0.05, 0) is 11.6 Å². The lowest BCUT2D eigenvalue weighted by molar-refractivity contribution is 2.13. The Kier molecular flexibility index (Phi) is 1.09. The van der Waals surface area contributed by atoms with Gasteiger partial charge in [-0.25, -0.2) is 0 Å². The fourth-order valence-electron chi connectivity index (χ4n) is 0.215. The molecule has 1 heterocycles. The Hall–Kier alpha value is 0.210. The molecule has 0 aromatic carbocycles. The Morgan fingerprint density at radius 3 is 2.80 bits per heavy atom. The highest BCUT2D eigenvalue weighted by Gasteiger charge is 1.58. The maximum absolute atomic E-state index is 2.20. The zero-order valence-corrected chi connectivity index (χ0v) is 4.57. The first-order valence-electron chi connectivity index (χ1n) is 1.44. The summed E-state index contributed by atoms with van der Waals surface area (Å²) in [5.41, 5.74) is 0. The number of hydrogen-bond donors (Lipinski definition) is 0. The predicted molar refractivity (Wildman–Crippen MR) is 28.5 cm³/mol. The van der Waals surface area contributed by atoms with Crippen molar-refractivity contribution in [3.8, 4) is 0 Å². The molecule has 0 nitrogen and oxygen atoms in total. The van der Waals surface area contributed by atoms with Crippen LogP contribution in [0.5, 0.6) is 0 Å². The van der Waals surface area contributed by atoms with Crippen LogP contribution in [0.3, 0.4) is 0 Å². The first-order valence-corrected chi connectivity index (χ1v) is 4.32. The highest BCUT2D eigenvalue weighted by molar-refractivity contribution is 7.89. The average molecular weight is 102 g/mol. The third-order valence-electron chi connectivity index (χ3n) is 0.406. The standard InChI is InChI=1S/C3H4P2/c1-2-4-5-3-1/h1-4H. The molecule has 0 saturated heterocycles. The summed E-state index contributed by atoms with van der Waals surface area (Å²) in [5.74, 6) is 4.36. The molecule has 2 heteroatoms. The molecule has 0 radical (unpaired) electrons. The Morgan fingerprint density at radius 2 is 2.60 bits per heavy atom. The third kappa shape index (κ3) is 0.758. The molecular weight excluding hydrogens is 98.0 g/mol. The molecule has 1 aromatic heterocycles. The van der Waals surface area contributed by atoms with Crippen molar-refractivity contribution >= 4 is 15.7 Å². The van der Waals surface area contributed by atoms with Crippen LogP contribution in [-0.4, -0.2) is 0 Å². The summed E-state index contributed by atoms with van der Waals surface area (Å²) in [6.07, 6.45) is 0. The van der Waals surface area contributed by atoms with Gasteiger partial charge in [-0.15, -0.1) is 7.87 Å². The van der Waals surface area contributed by atoms with Crippen LogP contribution in [0, 0.1) is 0 Å². The van der Waals surface area contributed by atoms with E-state index in [0.717, 1.165) is 7.87 Å². The quantitative estimate of drug-likeness (QED) is 0.471. The van der Waals surface area contributed by atoms with Crippen molar-refractivity contribution in [2.75, 3.05) is 0 Å². The maximum Gasteiger partial charge on any atom is -0.0306 e. The van der Waals surface area contributed by atoms with Crippen molar-refractivity contribution in [2.24, 2.45) is 0 Å². The van der Waals surface area contributed by atoms with Gasteiger partial charge in [-0.2, -0.15) is 0 Å². The van der Waals surface area contributed by atoms with Gasteiger partial charge >= 0.3 is 0 Å². The van der Waals surface area contributed by atoms with Gasteiger partial charge in [0.25, 0.3) is 0 Å². The molecule has 0 aliphatic rings. The average Bonchev–Trinajstić information content (AvgIpc) is 1.76. The smallest absolute Gasteiger partial charge is 0.0306 e. The van der Waals surface area contributed by atoms with E-state index in [1.807, 2.05) is 0 Å². The predicted octanol–water partition coefficient (Wildman–Crippen LogP) is 2.30. The first-order chi connectivity index (χ1) is 2.50. The van der Waals surface area contributed by atoms with Gasteiger partial charge in [-0.1, -0.05) is 13.9 Å².